The number of primary amides is 1. The molecule has 0 unspecified atom stereocenters. The Morgan fingerprint density at radius 1 is 1.55 bits per heavy atom. The molecule has 1 aromatic rings. The summed E-state index contributed by atoms with van der Waals surface area (Å²) in [7, 11) is 0. The lowest BCUT2D eigenvalue weighted by atomic mass is 10.2. The fraction of sp³-hybridized carbons (Fsp3) is 0. The van der Waals surface area contributed by atoms with Gasteiger partial charge in [-0.05, 0) is 6.07 Å². The summed E-state index contributed by atoms with van der Waals surface area (Å²) in [4.78, 5) is 14.2. The molecule has 1 heterocycles. The molecule has 60 valence electrons. The summed E-state index contributed by atoms with van der Waals surface area (Å²) >= 11 is 0. The zero-order valence-corrected chi connectivity index (χ0v) is 5.74. The minimum atomic E-state index is -0.528. The summed E-state index contributed by atoms with van der Waals surface area (Å²) in [6.07, 6.45) is 2.86. The van der Waals surface area contributed by atoms with Crippen LogP contribution in [-0.4, -0.2) is 16.4 Å². The van der Waals surface area contributed by atoms with E-state index in [4.69, 9.17) is 11.5 Å². The van der Waals surface area contributed by atoms with E-state index in [1.165, 1.54) is 18.5 Å². The van der Waals surface area contributed by atoms with Crippen LogP contribution in [0.3, 0.4) is 0 Å². The second kappa shape index (κ2) is 3.52. The molecule has 1 rings (SSSR count). The smallest absolute Gasteiger partial charge is 0.250 e. The molecule has 5 heteroatoms. The molecule has 1 amide bonds. The monoisotopic (exact) mass is 155 g/mol. The van der Waals surface area contributed by atoms with Crippen LogP contribution in [0.1, 0.15) is 10.4 Å². The molecule has 0 saturated carbocycles. The predicted octanol–water partition coefficient (Wildman–Crippen LogP) is -1.06. The Morgan fingerprint density at radius 2 is 2.18 bits per heavy atom. The number of nitrogens with zero attached hydrogens (tertiary/aromatic N) is 1. The van der Waals surface area contributed by atoms with Crippen molar-refractivity contribution in [1.82, 2.24) is 4.98 Å². The third-order valence-electron chi connectivity index (χ3n) is 1.12. The lowest BCUT2D eigenvalue weighted by Gasteiger charge is -1.96. The zero-order valence-electron chi connectivity index (χ0n) is 5.74. The van der Waals surface area contributed by atoms with Gasteiger partial charge < -0.3 is 16.9 Å². The average Bonchev–Trinajstić information content (AvgIpc) is 1.88. The Morgan fingerprint density at radius 3 is 2.55 bits per heavy atom. The molecule has 1 aromatic heterocycles. The van der Waals surface area contributed by atoms with Gasteiger partial charge in [0.1, 0.15) is 0 Å². The van der Waals surface area contributed by atoms with E-state index in [1.807, 2.05) is 0 Å². The fourth-order valence-electron chi connectivity index (χ4n) is 0.631. The number of aromatic nitrogens is 1. The minimum Gasteiger partial charge on any atom is -0.412 e. The van der Waals surface area contributed by atoms with Crippen LogP contribution in [-0.2, 0) is 0 Å². The first-order valence-electron chi connectivity index (χ1n) is 2.71. The van der Waals surface area contributed by atoms with Crippen LogP contribution in [0.4, 0.5) is 5.69 Å². The molecule has 0 atom stereocenters. The highest BCUT2D eigenvalue weighted by Gasteiger charge is 2.02. The first-order valence-corrected chi connectivity index (χ1v) is 2.71. The molecule has 0 radical (unpaired) electrons. The maximum atomic E-state index is 10.5. The molecule has 0 saturated heterocycles. The van der Waals surface area contributed by atoms with Gasteiger partial charge in [0.2, 0.25) is 0 Å². The van der Waals surface area contributed by atoms with E-state index in [0.29, 0.717) is 11.3 Å². The van der Waals surface area contributed by atoms with Crippen LogP contribution < -0.4 is 11.5 Å². The van der Waals surface area contributed by atoms with Crippen molar-refractivity contribution < 1.29 is 10.3 Å². The van der Waals surface area contributed by atoms with Gasteiger partial charge in [0.25, 0.3) is 5.91 Å². The molecule has 0 fully saturated rings. The highest BCUT2D eigenvalue weighted by atomic mass is 16.1. The molecule has 0 aliphatic heterocycles. The Bertz CT molecular complexity index is 262. The number of nitrogens with two attached hydrogens (primary N) is 2. The van der Waals surface area contributed by atoms with Gasteiger partial charge in [-0.2, -0.15) is 0 Å². The Labute approximate surface area is 63.3 Å². The quantitative estimate of drug-likeness (QED) is 0.538. The Balaban J connectivity index is 0.000001000. The van der Waals surface area contributed by atoms with E-state index in [-0.39, 0.29) is 5.48 Å². The molecule has 0 aliphatic rings. The van der Waals surface area contributed by atoms with E-state index in [0.717, 1.165) is 0 Å². The van der Waals surface area contributed by atoms with Crippen LogP contribution in [0.25, 0.3) is 0 Å². The van der Waals surface area contributed by atoms with Gasteiger partial charge >= 0.3 is 0 Å². The second-order valence-corrected chi connectivity index (χ2v) is 1.83. The molecule has 0 aromatic carbocycles. The largest absolute Gasteiger partial charge is 0.412 e. The van der Waals surface area contributed by atoms with Crippen molar-refractivity contribution in [3.05, 3.63) is 24.0 Å². The normalized spacial score (nSPS) is 8.36. The maximum absolute atomic E-state index is 10.5. The minimum absolute atomic E-state index is 0. The first kappa shape index (κ1) is 9.38. The van der Waals surface area contributed by atoms with Crippen molar-refractivity contribution in [2.24, 2.45) is 5.73 Å². The Kier molecular flexibility index (Phi) is 3.01. The molecule has 11 heavy (non-hydrogen) atoms. The zero-order chi connectivity index (χ0) is 7.56. The summed E-state index contributed by atoms with van der Waals surface area (Å²) in [5.74, 6) is -0.528. The average molecular weight is 155 g/mol. The predicted molar refractivity (Wildman–Crippen MR) is 40.8 cm³/mol. The molecule has 0 aliphatic carbocycles. The molecular weight excluding hydrogens is 146 g/mol. The van der Waals surface area contributed by atoms with Gasteiger partial charge in [0.05, 0.1) is 17.4 Å². The number of anilines is 1. The van der Waals surface area contributed by atoms with Gasteiger partial charge in [-0.15, -0.1) is 0 Å². The highest BCUT2D eigenvalue weighted by Crippen LogP contribution is 2.05. The molecule has 6 N–H and O–H groups in total. The highest BCUT2D eigenvalue weighted by molar-refractivity contribution is 5.97. The third kappa shape index (κ3) is 1.91. The van der Waals surface area contributed by atoms with Crippen molar-refractivity contribution in [3.63, 3.8) is 0 Å². The van der Waals surface area contributed by atoms with Crippen molar-refractivity contribution in [2.45, 2.75) is 0 Å². The van der Waals surface area contributed by atoms with Crippen molar-refractivity contribution in [1.29, 1.82) is 0 Å². The van der Waals surface area contributed by atoms with Gasteiger partial charge in [0.15, 0.2) is 0 Å². The van der Waals surface area contributed by atoms with E-state index in [1.54, 1.807) is 0 Å². The van der Waals surface area contributed by atoms with Crippen LogP contribution in [0.15, 0.2) is 18.5 Å². The molecule has 5 nitrogen and oxygen atoms in total. The number of nitrogen functional groups attached to an aromatic ring is 1. The van der Waals surface area contributed by atoms with Gasteiger partial charge in [-0.3, -0.25) is 9.78 Å². The fourth-order valence-corrected chi connectivity index (χ4v) is 0.631. The van der Waals surface area contributed by atoms with E-state index >= 15 is 0 Å². The van der Waals surface area contributed by atoms with Crippen molar-refractivity contribution in [3.8, 4) is 0 Å². The van der Waals surface area contributed by atoms with E-state index in [9.17, 15) is 4.79 Å². The summed E-state index contributed by atoms with van der Waals surface area (Å²) < 4.78 is 0. The summed E-state index contributed by atoms with van der Waals surface area (Å²) in [5.41, 5.74) is 11.0. The lowest BCUT2D eigenvalue weighted by Crippen LogP contribution is -2.13. The number of carbonyl (C=O) groups is 1. The number of hydrogen-bond donors (Lipinski definition) is 2. The SMILES string of the molecule is NC(=O)c1ccncc1N.O. The van der Waals surface area contributed by atoms with Crippen LogP contribution >= 0.6 is 0 Å². The standard InChI is InChI=1S/C6H7N3O.H2O/c7-5-3-9-2-1-4(5)6(8)10;/h1-3H,7H2,(H2,8,10);1H2. The van der Waals surface area contributed by atoms with Crippen LogP contribution in [0, 0.1) is 0 Å². The summed E-state index contributed by atoms with van der Waals surface area (Å²) in [6.45, 7) is 0. The summed E-state index contributed by atoms with van der Waals surface area (Å²) in [5, 5.41) is 0. The number of amides is 1. The molecular formula is C6H9N3O2. The van der Waals surface area contributed by atoms with Crippen molar-refractivity contribution >= 4 is 11.6 Å². The lowest BCUT2D eigenvalue weighted by molar-refractivity contribution is 0.100. The van der Waals surface area contributed by atoms with Gasteiger partial charge in [-0.1, -0.05) is 0 Å². The summed E-state index contributed by atoms with van der Waals surface area (Å²) in [6, 6.07) is 1.48. The third-order valence-corrected chi connectivity index (χ3v) is 1.12. The molecule has 0 bridgehead atoms. The maximum Gasteiger partial charge on any atom is 0.250 e. The second-order valence-electron chi connectivity index (χ2n) is 1.83. The van der Waals surface area contributed by atoms with Crippen LogP contribution in [0.2, 0.25) is 0 Å². The first-order chi connectivity index (χ1) is 4.72. The Hall–Kier alpha value is -1.62. The number of rotatable bonds is 1. The van der Waals surface area contributed by atoms with Gasteiger partial charge in [0, 0.05) is 6.20 Å². The van der Waals surface area contributed by atoms with Crippen molar-refractivity contribution in [2.75, 3.05) is 5.73 Å². The number of pyridine rings is 1. The van der Waals surface area contributed by atoms with E-state index < -0.39 is 5.91 Å². The van der Waals surface area contributed by atoms with Crippen LogP contribution in [0.5, 0.6) is 0 Å². The topological polar surface area (TPSA) is 114 Å². The number of hydrogen-bond acceptors (Lipinski definition) is 3. The number of carbonyl (C=O) groups excluding carboxylic acids is 1. The van der Waals surface area contributed by atoms with Gasteiger partial charge in [-0.25, -0.2) is 0 Å². The van der Waals surface area contributed by atoms with E-state index in [2.05, 4.69) is 4.98 Å². The molecule has 0 spiro atoms.